The molecule has 1 aliphatic heterocycles. The van der Waals surface area contributed by atoms with Crippen LogP contribution < -0.4 is 5.32 Å². The van der Waals surface area contributed by atoms with Gasteiger partial charge in [-0.3, -0.25) is 14.8 Å². The number of fused-ring (bicyclic) bond motifs is 1. The van der Waals surface area contributed by atoms with Crippen molar-refractivity contribution in [3.63, 3.8) is 0 Å². The number of benzene rings is 1. The van der Waals surface area contributed by atoms with Crippen LogP contribution in [0.1, 0.15) is 47.3 Å². The van der Waals surface area contributed by atoms with Crippen molar-refractivity contribution < 1.29 is 14.3 Å². The minimum atomic E-state index is -0.678. The molecule has 1 aliphatic rings. The monoisotopic (exact) mass is 488 g/mol. The van der Waals surface area contributed by atoms with Gasteiger partial charge in [-0.2, -0.15) is 18.6 Å². The highest BCUT2D eigenvalue weighted by Gasteiger charge is 2.45. The first-order valence-corrected chi connectivity index (χ1v) is 11.2. The van der Waals surface area contributed by atoms with E-state index >= 15 is 0 Å². The van der Waals surface area contributed by atoms with Gasteiger partial charge in [0.25, 0.3) is 5.91 Å². The summed E-state index contributed by atoms with van der Waals surface area (Å²) in [7, 11) is 3.88. The molecule has 2 N–H and O–H groups in total. The summed E-state index contributed by atoms with van der Waals surface area (Å²) < 4.78 is 5.96. The van der Waals surface area contributed by atoms with Gasteiger partial charge in [0.05, 0.1) is 23.3 Å². The van der Waals surface area contributed by atoms with Crippen LogP contribution in [0, 0.1) is 0 Å². The normalized spacial score (nSPS) is 15.0. The van der Waals surface area contributed by atoms with E-state index in [1.165, 1.54) is 11.3 Å². The summed E-state index contributed by atoms with van der Waals surface area (Å²) in [5.74, 6) is 0.0591. The Morgan fingerprint density at radius 1 is 1.30 bits per heavy atom. The number of nitrogens with one attached hydrogen (secondary N) is 2. The largest absolute Gasteiger partial charge is 0.440 e. The average molecular weight is 489 g/mol. The molecule has 9 nitrogen and oxygen atoms in total. The molecule has 2 amide bonds. The van der Waals surface area contributed by atoms with Crippen LogP contribution in [0.3, 0.4) is 0 Å². The first-order chi connectivity index (χ1) is 15.3. The third-order valence-corrected chi connectivity index (χ3v) is 6.12. The van der Waals surface area contributed by atoms with Gasteiger partial charge in [-0.25, -0.2) is 9.78 Å². The predicted octanol–water partition coefficient (Wildman–Crippen LogP) is 3.72. The fourth-order valence-electron chi connectivity index (χ4n) is 3.80. The van der Waals surface area contributed by atoms with E-state index in [9.17, 15) is 9.59 Å². The quantitative estimate of drug-likeness (QED) is 0.548. The van der Waals surface area contributed by atoms with Crippen molar-refractivity contribution in [2.75, 3.05) is 26.0 Å². The van der Waals surface area contributed by atoms with Crippen molar-refractivity contribution in [2.45, 2.75) is 32.0 Å². The second-order valence-corrected chi connectivity index (χ2v) is 9.16. The fraction of sp³-hybridized carbons (Fsp3) is 0.364. The predicted molar refractivity (Wildman–Crippen MR) is 132 cm³/mol. The fourth-order valence-corrected chi connectivity index (χ4v) is 4.34. The Hall–Kier alpha value is -2.89. The Labute approximate surface area is 203 Å². The highest BCUT2D eigenvalue weighted by atomic mass is 32.1. The first kappa shape index (κ1) is 24.7. The highest BCUT2D eigenvalue weighted by Crippen LogP contribution is 2.41. The minimum absolute atomic E-state index is 0. The summed E-state index contributed by atoms with van der Waals surface area (Å²) >= 11 is 1.34. The number of rotatable bonds is 6. The number of nitrogens with zero attached hydrogens (tertiary/aromatic N) is 4. The molecular formula is C22H28N6O3S2. The molecule has 0 fully saturated rings. The molecule has 3 aromatic rings. The summed E-state index contributed by atoms with van der Waals surface area (Å²) in [5, 5.41) is 11.7. The molecule has 3 heterocycles. The standard InChI is InChI=1S/C22H26N6O3S.H2S/c1-22(2)18-15(19(26-25-18)24-20(29)16-12-32-13-23-16)10-28(22)21(30)31-17(11-27(3)4)14-8-6-5-7-9-14;/h5-9,12-13,17H,10-11H2,1-4H3,(H2,24,25,26,29);1H2/t17-;/m1./s1. The van der Waals surface area contributed by atoms with E-state index in [0.717, 1.165) is 16.8 Å². The summed E-state index contributed by atoms with van der Waals surface area (Å²) in [6.45, 7) is 4.68. The molecule has 0 radical (unpaired) electrons. The average Bonchev–Trinajstić information content (AvgIpc) is 3.47. The molecule has 4 rings (SSSR count). The van der Waals surface area contributed by atoms with Crippen molar-refractivity contribution in [2.24, 2.45) is 0 Å². The van der Waals surface area contributed by atoms with Gasteiger partial charge in [0.2, 0.25) is 0 Å². The second kappa shape index (κ2) is 9.94. The van der Waals surface area contributed by atoms with Crippen molar-refractivity contribution in [1.82, 2.24) is 25.0 Å². The van der Waals surface area contributed by atoms with Crippen LogP contribution in [-0.2, 0) is 16.8 Å². The zero-order valence-corrected chi connectivity index (χ0v) is 20.8. The molecule has 1 atom stereocenters. The topological polar surface area (TPSA) is 103 Å². The van der Waals surface area contributed by atoms with Crippen molar-refractivity contribution in [3.8, 4) is 0 Å². The van der Waals surface area contributed by atoms with Gasteiger partial charge < -0.3 is 15.0 Å². The number of hydrogen-bond donors (Lipinski definition) is 2. The van der Waals surface area contributed by atoms with E-state index in [4.69, 9.17) is 4.74 Å². The van der Waals surface area contributed by atoms with E-state index in [2.05, 4.69) is 20.5 Å². The van der Waals surface area contributed by atoms with Crippen molar-refractivity contribution in [3.05, 3.63) is 63.7 Å². The molecule has 2 aromatic heterocycles. The molecule has 11 heteroatoms. The Kier molecular flexibility index (Phi) is 7.45. The van der Waals surface area contributed by atoms with Crippen LogP contribution in [0.4, 0.5) is 10.6 Å². The van der Waals surface area contributed by atoms with Crippen LogP contribution in [0.15, 0.2) is 41.2 Å². The zero-order valence-electron chi connectivity index (χ0n) is 19.0. The van der Waals surface area contributed by atoms with Crippen molar-refractivity contribution in [1.29, 1.82) is 0 Å². The van der Waals surface area contributed by atoms with Gasteiger partial charge in [0.1, 0.15) is 11.8 Å². The number of hydrogen-bond acceptors (Lipinski definition) is 7. The van der Waals surface area contributed by atoms with Crippen LogP contribution in [0.2, 0.25) is 0 Å². The maximum atomic E-state index is 13.3. The molecular weight excluding hydrogens is 460 g/mol. The molecule has 0 saturated heterocycles. The minimum Gasteiger partial charge on any atom is -0.440 e. The molecule has 1 aromatic carbocycles. The lowest BCUT2D eigenvalue weighted by atomic mass is 10.0. The summed E-state index contributed by atoms with van der Waals surface area (Å²) in [6.07, 6.45) is -0.831. The Morgan fingerprint density at radius 2 is 2.03 bits per heavy atom. The Morgan fingerprint density at radius 3 is 2.67 bits per heavy atom. The number of aromatic nitrogens is 3. The third kappa shape index (κ3) is 5.05. The van der Waals surface area contributed by atoms with E-state index in [1.54, 1.807) is 15.8 Å². The molecule has 33 heavy (non-hydrogen) atoms. The lowest BCUT2D eigenvalue weighted by Crippen LogP contribution is -2.42. The molecule has 0 spiro atoms. The van der Waals surface area contributed by atoms with Gasteiger partial charge in [0, 0.05) is 17.5 Å². The maximum absolute atomic E-state index is 13.3. The molecule has 176 valence electrons. The number of amides is 2. The number of anilines is 1. The lowest BCUT2D eigenvalue weighted by molar-refractivity contribution is 0.0259. The van der Waals surface area contributed by atoms with E-state index in [1.807, 2.05) is 63.2 Å². The third-order valence-electron chi connectivity index (χ3n) is 5.53. The molecule has 0 unspecified atom stereocenters. The number of thiazole rings is 1. The molecule has 0 saturated carbocycles. The van der Waals surface area contributed by atoms with Crippen molar-refractivity contribution >= 4 is 42.7 Å². The lowest BCUT2D eigenvalue weighted by Gasteiger charge is -2.33. The zero-order chi connectivity index (χ0) is 22.9. The summed E-state index contributed by atoms with van der Waals surface area (Å²) in [6, 6.07) is 9.70. The number of carbonyl (C=O) groups excluding carboxylic acids is 2. The smallest absolute Gasteiger partial charge is 0.411 e. The number of H-pyrrole nitrogens is 1. The van der Waals surface area contributed by atoms with E-state index < -0.39 is 17.7 Å². The van der Waals surface area contributed by atoms with E-state index in [0.29, 0.717) is 18.1 Å². The van der Waals surface area contributed by atoms with Crippen LogP contribution in [-0.4, -0.2) is 57.6 Å². The second-order valence-electron chi connectivity index (χ2n) is 8.44. The van der Waals surface area contributed by atoms with Gasteiger partial charge in [-0.05, 0) is 33.5 Å². The first-order valence-electron chi connectivity index (χ1n) is 10.2. The van der Waals surface area contributed by atoms with Gasteiger partial charge >= 0.3 is 6.09 Å². The number of likely N-dealkylation sites (N-methyl/N-ethyl adjacent to an activating group) is 1. The SMILES string of the molecule is CN(C)C[C@@H](OC(=O)N1Cc2c(NC(=O)c3cscn3)n[nH]c2C1(C)C)c1ccccc1.S. The number of aromatic amines is 1. The summed E-state index contributed by atoms with van der Waals surface area (Å²) in [4.78, 5) is 33.4. The highest BCUT2D eigenvalue weighted by molar-refractivity contribution is 7.59. The van der Waals surface area contributed by atoms with Crippen LogP contribution >= 0.6 is 24.8 Å². The maximum Gasteiger partial charge on any atom is 0.411 e. The van der Waals surface area contributed by atoms with Crippen LogP contribution in [0.25, 0.3) is 0 Å². The van der Waals surface area contributed by atoms with Gasteiger partial charge in [0.15, 0.2) is 5.82 Å². The summed E-state index contributed by atoms with van der Waals surface area (Å²) in [5.41, 5.74) is 3.72. The Bertz CT molecular complexity index is 1100. The van der Waals surface area contributed by atoms with Gasteiger partial charge in [-0.15, -0.1) is 11.3 Å². The number of ether oxygens (including phenoxy) is 1. The van der Waals surface area contributed by atoms with Crippen LogP contribution in [0.5, 0.6) is 0 Å². The van der Waals surface area contributed by atoms with E-state index in [-0.39, 0.29) is 25.9 Å². The molecule has 0 aliphatic carbocycles. The Balaban J connectivity index is 0.00000306. The molecule has 0 bridgehead atoms. The van der Waals surface area contributed by atoms with Gasteiger partial charge in [-0.1, -0.05) is 30.3 Å². The number of carbonyl (C=O) groups is 2.